The van der Waals surface area contributed by atoms with Crippen molar-refractivity contribution in [3.05, 3.63) is 63.9 Å². The van der Waals surface area contributed by atoms with Gasteiger partial charge in [-0.1, -0.05) is 17.7 Å². The molecule has 2 rings (SSSR count). The molecule has 2 aromatic rings. The monoisotopic (exact) mass is 290 g/mol. The molecular formula is C15H12ClFN2O. The second-order valence-electron chi connectivity index (χ2n) is 4.16. The second kappa shape index (κ2) is 6.38. The van der Waals surface area contributed by atoms with Crippen LogP contribution < -0.4 is 10.5 Å². The zero-order valence-corrected chi connectivity index (χ0v) is 11.3. The smallest absolute Gasteiger partial charge is 0.131 e. The first kappa shape index (κ1) is 14.3. The molecule has 0 saturated carbocycles. The standard InChI is InChI=1S/C15H12ClFN2O/c16-13-3-4-15(12(6-13)8-19)20-9-11-2-1-10(7-18)5-14(11)17/h1-6H,8-9,19H2. The molecule has 20 heavy (non-hydrogen) atoms. The van der Waals surface area contributed by atoms with E-state index in [4.69, 9.17) is 27.3 Å². The molecule has 0 radical (unpaired) electrons. The lowest BCUT2D eigenvalue weighted by Crippen LogP contribution is -2.04. The van der Waals surface area contributed by atoms with E-state index < -0.39 is 5.82 Å². The highest BCUT2D eigenvalue weighted by Gasteiger charge is 2.07. The van der Waals surface area contributed by atoms with Gasteiger partial charge in [-0.25, -0.2) is 4.39 Å². The van der Waals surface area contributed by atoms with Crippen molar-refractivity contribution in [1.29, 1.82) is 5.26 Å². The number of ether oxygens (including phenoxy) is 1. The van der Waals surface area contributed by atoms with Crippen molar-refractivity contribution in [3.63, 3.8) is 0 Å². The largest absolute Gasteiger partial charge is 0.488 e. The third-order valence-corrected chi connectivity index (χ3v) is 3.04. The molecule has 0 atom stereocenters. The molecule has 102 valence electrons. The maximum absolute atomic E-state index is 13.7. The zero-order valence-electron chi connectivity index (χ0n) is 10.6. The van der Waals surface area contributed by atoms with Gasteiger partial charge in [0.05, 0.1) is 11.6 Å². The summed E-state index contributed by atoms with van der Waals surface area (Å²) in [6, 6.07) is 11.2. The summed E-state index contributed by atoms with van der Waals surface area (Å²) < 4.78 is 19.3. The van der Waals surface area contributed by atoms with Crippen LogP contribution in [0.15, 0.2) is 36.4 Å². The van der Waals surface area contributed by atoms with Gasteiger partial charge >= 0.3 is 0 Å². The number of nitrogens with two attached hydrogens (primary N) is 1. The van der Waals surface area contributed by atoms with Gasteiger partial charge in [0.15, 0.2) is 0 Å². The van der Waals surface area contributed by atoms with Gasteiger partial charge in [0.1, 0.15) is 18.2 Å². The Kier molecular flexibility index (Phi) is 4.57. The minimum Gasteiger partial charge on any atom is -0.488 e. The number of hydrogen-bond acceptors (Lipinski definition) is 3. The summed E-state index contributed by atoms with van der Waals surface area (Å²) in [5, 5.41) is 9.25. The molecule has 0 fully saturated rings. The fourth-order valence-electron chi connectivity index (χ4n) is 1.74. The Bertz CT molecular complexity index is 667. The van der Waals surface area contributed by atoms with Crippen LogP contribution in [-0.2, 0) is 13.2 Å². The SMILES string of the molecule is N#Cc1ccc(COc2ccc(Cl)cc2CN)c(F)c1. The number of benzene rings is 2. The predicted molar refractivity (Wildman–Crippen MR) is 74.8 cm³/mol. The molecular weight excluding hydrogens is 279 g/mol. The minimum atomic E-state index is -0.465. The van der Waals surface area contributed by atoms with E-state index in [-0.39, 0.29) is 18.7 Å². The van der Waals surface area contributed by atoms with Crippen molar-refractivity contribution in [2.45, 2.75) is 13.2 Å². The Morgan fingerprint density at radius 3 is 2.65 bits per heavy atom. The average molecular weight is 291 g/mol. The van der Waals surface area contributed by atoms with Crippen molar-refractivity contribution in [2.24, 2.45) is 5.73 Å². The minimum absolute atomic E-state index is 0.0617. The predicted octanol–water partition coefficient (Wildman–Crippen LogP) is 3.39. The number of hydrogen-bond donors (Lipinski definition) is 1. The summed E-state index contributed by atoms with van der Waals surface area (Å²) in [6.07, 6.45) is 0. The molecule has 5 heteroatoms. The lowest BCUT2D eigenvalue weighted by Gasteiger charge is -2.11. The maximum Gasteiger partial charge on any atom is 0.131 e. The number of nitriles is 1. The van der Waals surface area contributed by atoms with E-state index in [2.05, 4.69) is 0 Å². The van der Waals surface area contributed by atoms with E-state index in [1.165, 1.54) is 12.1 Å². The van der Waals surface area contributed by atoms with Gasteiger partial charge in [-0.15, -0.1) is 0 Å². The molecule has 2 N–H and O–H groups in total. The van der Waals surface area contributed by atoms with Crippen LogP contribution in [0.2, 0.25) is 5.02 Å². The number of rotatable bonds is 4. The Hall–Kier alpha value is -2.09. The summed E-state index contributed by atoms with van der Waals surface area (Å²) in [5.41, 5.74) is 7.02. The molecule has 0 heterocycles. The molecule has 0 amide bonds. The van der Waals surface area contributed by atoms with Crippen molar-refractivity contribution in [2.75, 3.05) is 0 Å². The van der Waals surface area contributed by atoms with E-state index >= 15 is 0 Å². The fraction of sp³-hybridized carbons (Fsp3) is 0.133. The van der Waals surface area contributed by atoms with Crippen LogP contribution in [0.3, 0.4) is 0 Å². The summed E-state index contributed by atoms with van der Waals surface area (Å²) in [7, 11) is 0. The second-order valence-corrected chi connectivity index (χ2v) is 4.60. The van der Waals surface area contributed by atoms with Gasteiger partial charge in [0.25, 0.3) is 0 Å². The van der Waals surface area contributed by atoms with Gasteiger partial charge in [-0.2, -0.15) is 5.26 Å². The zero-order chi connectivity index (χ0) is 14.5. The van der Waals surface area contributed by atoms with Crippen molar-refractivity contribution < 1.29 is 9.13 Å². The highest BCUT2D eigenvalue weighted by molar-refractivity contribution is 6.30. The molecule has 0 unspecified atom stereocenters. The molecule has 0 bridgehead atoms. The highest BCUT2D eigenvalue weighted by Crippen LogP contribution is 2.24. The molecule has 0 aliphatic carbocycles. The third-order valence-electron chi connectivity index (χ3n) is 2.81. The summed E-state index contributed by atoms with van der Waals surface area (Å²) in [4.78, 5) is 0. The van der Waals surface area contributed by atoms with E-state index in [1.807, 2.05) is 6.07 Å². The lowest BCUT2D eigenvalue weighted by atomic mass is 10.1. The van der Waals surface area contributed by atoms with Crippen LogP contribution in [0, 0.1) is 17.1 Å². The van der Waals surface area contributed by atoms with Crippen LogP contribution in [0.4, 0.5) is 4.39 Å². The van der Waals surface area contributed by atoms with Crippen LogP contribution in [0.25, 0.3) is 0 Å². The normalized spacial score (nSPS) is 10.1. The van der Waals surface area contributed by atoms with Gasteiger partial charge in [-0.3, -0.25) is 0 Å². The van der Waals surface area contributed by atoms with Crippen LogP contribution in [0.5, 0.6) is 5.75 Å². The van der Waals surface area contributed by atoms with Gasteiger partial charge < -0.3 is 10.5 Å². The molecule has 0 aliphatic rings. The molecule has 0 aliphatic heterocycles. The Balaban J connectivity index is 2.15. The third kappa shape index (κ3) is 3.27. The topological polar surface area (TPSA) is 59.0 Å². The van der Waals surface area contributed by atoms with Crippen molar-refractivity contribution in [3.8, 4) is 11.8 Å². The van der Waals surface area contributed by atoms with Gasteiger partial charge in [-0.05, 0) is 30.3 Å². The van der Waals surface area contributed by atoms with Crippen molar-refractivity contribution in [1.82, 2.24) is 0 Å². The van der Waals surface area contributed by atoms with Crippen LogP contribution >= 0.6 is 11.6 Å². The van der Waals surface area contributed by atoms with Crippen LogP contribution in [0.1, 0.15) is 16.7 Å². The van der Waals surface area contributed by atoms with E-state index in [9.17, 15) is 4.39 Å². The first-order valence-electron chi connectivity index (χ1n) is 5.94. The van der Waals surface area contributed by atoms with E-state index in [1.54, 1.807) is 24.3 Å². The molecule has 3 nitrogen and oxygen atoms in total. The quantitative estimate of drug-likeness (QED) is 0.939. The number of halogens is 2. The number of nitrogens with zero attached hydrogens (tertiary/aromatic N) is 1. The van der Waals surface area contributed by atoms with Crippen LogP contribution in [-0.4, -0.2) is 0 Å². The Labute approximate surface area is 121 Å². The van der Waals surface area contributed by atoms with Crippen molar-refractivity contribution >= 4 is 11.6 Å². The molecule has 0 spiro atoms. The average Bonchev–Trinajstić information content (AvgIpc) is 2.46. The van der Waals surface area contributed by atoms with E-state index in [0.717, 1.165) is 5.56 Å². The molecule has 0 aromatic heterocycles. The molecule has 2 aromatic carbocycles. The summed E-state index contributed by atoms with van der Waals surface area (Å²) >= 11 is 5.87. The Morgan fingerprint density at radius 2 is 2.00 bits per heavy atom. The maximum atomic E-state index is 13.7. The summed E-state index contributed by atoms with van der Waals surface area (Å²) in [5.74, 6) is 0.105. The first-order chi connectivity index (χ1) is 9.63. The molecule has 0 saturated heterocycles. The fourth-order valence-corrected chi connectivity index (χ4v) is 1.93. The highest BCUT2D eigenvalue weighted by atomic mass is 35.5. The van der Waals surface area contributed by atoms with E-state index in [0.29, 0.717) is 16.3 Å². The van der Waals surface area contributed by atoms with Gasteiger partial charge in [0.2, 0.25) is 0 Å². The summed E-state index contributed by atoms with van der Waals surface area (Å²) in [6.45, 7) is 0.345. The lowest BCUT2D eigenvalue weighted by molar-refractivity contribution is 0.297. The van der Waals surface area contributed by atoms with Gasteiger partial charge in [0, 0.05) is 22.7 Å². The Morgan fingerprint density at radius 1 is 1.20 bits per heavy atom. The first-order valence-corrected chi connectivity index (χ1v) is 6.31.